The van der Waals surface area contributed by atoms with Gasteiger partial charge in [-0.25, -0.2) is 0 Å². The Balaban J connectivity index is 1.77. The van der Waals surface area contributed by atoms with Crippen molar-refractivity contribution in [2.75, 3.05) is 19.7 Å². The van der Waals surface area contributed by atoms with E-state index in [0.717, 1.165) is 25.9 Å². The minimum absolute atomic E-state index is 0.0561. The molecule has 5 heteroatoms. The number of hydrogen-bond donors (Lipinski definition) is 0. The zero-order valence-corrected chi connectivity index (χ0v) is 13.9. The lowest BCUT2D eigenvalue weighted by Crippen LogP contribution is -2.42. The Bertz CT molecular complexity index is 442. The minimum atomic E-state index is 0.0561. The number of hydrogen-bond acceptors (Lipinski definition) is 2. The second-order valence-electron chi connectivity index (χ2n) is 5.14. The lowest BCUT2D eigenvalue weighted by atomic mass is 9.94. The minimum Gasteiger partial charge on any atom is -0.484 e. The molecule has 1 saturated heterocycles. The van der Waals surface area contributed by atoms with Crippen LogP contribution >= 0.6 is 27.5 Å². The molecule has 1 amide bonds. The molecule has 1 atom stereocenters. The normalized spacial score (nSPS) is 17.9. The summed E-state index contributed by atoms with van der Waals surface area (Å²) in [7, 11) is 0. The van der Waals surface area contributed by atoms with E-state index in [1.54, 1.807) is 24.3 Å². The fourth-order valence-corrected chi connectivity index (χ4v) is 3.03. The molecule has 1 fully saturated rings. The van der Waals surface area contributed by atoms with Crippen LogP contribution in [-0.4, -0.2) is 35.3 Å². The Morgan fingerprint density at radius 1 is 1.40 bits per heavy atom. The molecule has 1 aliphatic heterocycles. The number of likely N-dealkylation sites (tertiary alicyclic amines) is 1. The van der Waals surface area contributed by atoms with Crippen molar-refractivity contribution in [2.45, 2.75) is 24.6 Å². The van der Waals surface area contributed by atoms with Crippen molar-refractivity contribution in [3.05, 3.63) is 29.3 Å². The van der Waals surface area contributed by atoms with E-state index >= 15 is 0 Å². The molecule has 20 heavy (non-hydrogen) atoms. The first-order valence-corrected chi connectivity index (χ1v) is 8.16. The van der Waals surface area contributed by atoms with E-state index in [2.05, 4.69) is 22.9 Å². The van der Waals surface area contributed by atoms with E-state index in [1.165, 1.54) is 0 Å². The van der Waals surface area contributed by atoms with Crippen LogP contribution in [0.1, 0.15) is 19.8 Å². The lowest BCUT2D eigenvalue weighted by Gasteiger charge is -2.33. The van der Waals surface area contributed by atoms with Gasteiger partial charge in [0, 0.05) is 22.9 Å². The highest BCUT2D eigenvalue weighted by Gasteiger charge is 2.25. The fraction of sp³-hybridized carbons (Fsp3) is 0.533. The van der Waals surface area contributed by atoms with E-state index in [0.29, 0.717) is 21.5 Å². The monoisotopic (exact) mass is 359 g/mol. The number of piperidine rings is 1. The molecule has 1 aromatic carbocycles. The third kappa shape index (κ3) is 4.38. The molecule has 1 aromatic rings. The molecule has 0 aromatic heterocycles. The van der Waals surface area contributed by atoms with Crippen LogP contribution in [0.4, 0.5) is 0 Å². The molecule has 0 saturated carbocycles. The van der Waals surface area contributed by atoms with Crippen molar-refractivity contribution in [3.8, 4) is 5.75 Å². The maximum Gasteiger partial charge on any atom is 0.260 e. The standard InChI is InChI=1S/C15H19BrClNO2/c1-11(16)12-6-8-18(9-7-12)15(19)10-20-14-4-2-13(17)3-5-14/h2-5,11-12H,6-10H2,1H3. The summed E-state index contributed by atoms with van der Waals surface area (Å²) in [5, 5.41) is 0.662. The molecule has 2 rings (SSSR count). The second-order valence-corrected chi connectivity index (χ2v) is 7.02. The van der Waals surface area contributed by atoms with Gasteiger partial charge in [-0.1, -0.05) is 34.5 Å². The average Bonchev–Trinajstić information content (AvgIpc) is 2.46. The van der Waals surface area contributed by atoms with Crippen LogP contribution < -0.4 is 4.74 Å². The van der Waals surface area contributed by atoms with Gasteiger partial charge < -0.3 is 9.64 Å². The number of carbonyl (C=O) groups excluding carboxylic acids is 1. The number of halogens is 2. The van der Waals surface area contributed by atoms with Crippen molar-refractivity contribution < 1.29 is 9.53 Å². The average molecular weight is 361 g/mol. The van der Waals surface area contributed by atoms with Crippen LogP contribution in [0, 0.1) is 5.92 Å². The Hall–Kier alpha value is -0.740. The maximum absolute atomic E-state index is 12.1. The topological polar surface area (TPSA) is 29.5 Å². The number of benzene rings is 1. The summed E-state index contributed by atoms with van der Waals surface area (Å²) in [6, 6.07) is 7.05. The van der Waals surface area contributed by atoms with Gasteiger partial charge >= 0.3 is 0 Å². The van der Waals surface area contributed by atoms with Crippen molar-refractivity contribution >= 4 is 33.4 Å². The van der Waals surface area contributed by atoms with Gasteiger partial charge in [0.25, 0.3) is 5.91 Å². The van der Waals surface area contributed by atoms with Gasteiger partial charge in [0.2, 0.25) is 0 Å². The van der Waals surface area contributed by atoms with E-state index in [-0.39, 0.29) is 12.5 Å². The molecule has 110 valence electrons. The summed E-state index contributed by atoms with van der Waals surface area (Å²) in [4.78, 5) is 14.5. The van der Waals surface area contributed by atoms with Gasteiger partial charge in [0.1, 0.15) is 5.75 Å². The quantitative estimate of drug-likeness (QED) is 0.766. The van der Waals surface area contributed by atoms with Crippen molar-refractivity contribution in [3.63, 3.8) is 0 Å². The molecular weight excluding hydrogens is 342 g/mol. The highest BCUT2D eigenvalue weighted by atomic mass is 79.9. The summed E-state index contributed by atoms with van der Waals surface area (Å²) >= 11 is 9.42. The van der Waals surface area contributed by atoms with Crippen LogP contribution in [0.15, 0.2) is 24.3 Å². The molecule has 1 unspecified atom stereocenters. The SMILES string of the molecule is CC(Br)C1CCN(C(=O)COc2ccc(Cl)cc2)CC1. The van der Waals surface area contributed by atoms with E-state index < -0.39 is 0 Å². The predicted octanol–water partition coefficient (Wildman–Crippen LogP) is 3.74. The highest BCUT2D eigenvalue weighted by Crippen LogP contribution is 2.25. The Morgan fingerprint density at radius 3 is 2.55 bits per heavy atom. The van der Waals surface area contributed by atoms with Crippen LogP contribution in [0.2, 0.25) is 5.02 Å². The van der Waals surface area contributed by atoms with E-state index in [4.69, 9.17) is 16.3 Å². The molecule has 0 radical (unpaired) electrons. The van der Waals surface area contributed by atoms with Gasteiger partial charge in [-0.3, -0.25) is 4.79 Å². The van der Waals surface area contributed by atoms with Crippen LogP contribution in [0.5, 0.6) is 5.75 Å². The third-order valence-electron chi connectivity index (χ3n) is 3.72. The van der Waals surface area contributed by atoms with Crippen molar-refractivity contribution in [1.29, 1.82) is 0 Å². The lowest BCUT2D eigenvalue weighted by molar-refractivity contribution is -0.134. The number of amides is 1. The number of nitrogens with zero attached hydrogens (tertiary/aromatic N) is 1. The van der Waals surface area contributed by atoms with Crippen molar-refractivity contribution in [2.24, 2.45) is 5.92 Å². The summed E-state index contributed by atoms with van der Waals surface area (Å²) in [5.74, 6) is 1.39. The first-order valence-electron chi connectivity index (χ1n) is 6.86. The first-order chi connectivity index (χ1) is 9.56. The molecular formula is C15H19BrClNO2. The Kier molecular flexibility index (Phi) is 5.73. The Labute approximate surface area is 133 Å². The smallest absolute Gasteiger partial charge is 0.260 e. The van der Waals surface area contributed by atoms with Gasteiger partial charge in [-0.15, -0.1) is 0 Å². The first kappa shape index (κ1) is 15.6. The number of rotatable bonds is 4. The summed E-state index contributed by atoms with van der Waals surface area (Å²) in [6.45, 7) is 3.91. The predicted molar refractivity (Wildman–Crippen MR) is 84.6 cm³/mol. The largest absolute Gasteiger partial charge is 0.484 e. The molecule has 3 nitrogen and oxygen atoms in total. The van der Waals surface area contributed by atoms with Gasteiger partial charge in [-0.05, 0) is 43.0 Å². The summed E-state index contributed by atoms with van der Waals surface area (Å²) in [6.07, 6.45) is 2.11. The fourth-order valence-electron chi connectivity index (χ4n) is 2.38. The second kappa shape index (κ2) is 7.32. The van der Waals surface area contributed by atoms with Gasteiger partial charge in [-0.2, -0.15) is 0 Å². The third-order valence-corrected chi connectivity index (χ3v) is 4.72. The molecule has 1 aliphatic rings. The Morgan fingerprint density at radius 2 is 2.00 bits per heavy atom. The van der Waals surface area contributed by atoms with Gasteiger partial charge in [0.05, 0.1) is 0 Å². The van der Waals surface area contributed by atoms with Crippen LogP contribution in [0.25, 0.3) is 0 Å². The molecule has 0 spiro atoms. The van der Waals surface area contributed by atoms with Crippen LogP contribution in [-0.2, 0) is 4.79 Å². The van der Waals surface area contributed by atoms with Crippen LogP contribution in [0.3, 0.4) is 0 Å². The van der Waals surface area contributed by atoms with E-state index in [1.807, 2.05) is 4.90 Å². The zero-order valence-electron chi connectivity index (χ0n) is 11.5. The zero-order chi connectivity index (χ0) is 14.5. The summed E-state index contributed by atoms with van der Waals surface area (Å²) < 4.78 is 5.49. The molecule has 1 heterocycles. The van der Waals surface area contributed by atoms with Crippen molar-refractivity contribution in [1.82, 2.24) is 4.90 Å². The maximum atomic E-state index is 12.1. The number of alkyl halides is 1. The molecule has 0 aliphatic carbocycles. The van der Waals surface area contributed by atoms with Gasteiger partial charge in [0.15, 0.2) is 6.61 Å². The van der Waals surface area contributed by atoms with E-state index in [9.17, 15) is 4.79 Å². The highest BCUT2D eigenvalue weighted by molar-refractivity contribution is 9.09. The number of ether oxygens (including phenoxy) is 1. The molecule has 0 bridgehead atoms. The number of carbonyl (C=O) groups is 1. The molecule has 0 N–H and O–H groups in total. The summed E-state index contributed by atoms with van der Waals surface area (Å²) in [5.41, 5.74) is 0.